The van der Waals surface area contributed by atoms with Crippen molar-refractivity contribution in [3.63, 3.8) is 0 Å². The molecule has 11 rings (SSSR count). The first-order chi connectivity index (χ1) is 27.3. The molecule has 0 saturated carbocycles. The molecule has 0 aliphatic heterocycles. The second-order valence-electron chi connectivity index (χ2n) is 16.6. The van der Waals surface area contributed by atoms with E-state index in [-0.39, 0.29) is 93.9 Å². The number of hydrogen-bond donors (Lipinski definition) is 0. The molecule has 2 aliphatic carbocycles. The molecule has 0 unspecified atom stereocenters. The van der Waals surface area contributed by atoms with E-state index in [9.17, 15) is 0 Å². The molecule has 0 amide bonds. The molecule has 2 nitrogen and oxygen atoms in total. The summed E-state index contributed by atoms with van der Waals surface area (Å²) in [4.78, 5) is 2.40. The van der Waals surface area contributed by atoms with Crippen molar-refractivity contribution >= 4 is 39.0 Å². The van der Waals surface area contributed by atoms with E-state index >= 15 is 0 Å². The summed E-state index contributed by atoms with van der Waals surface area (Å²) in [6.07, 6.45) is 0. The molecule has 0 fully saturated rings. The quantitative estimate of drug-likeness (QED) is 0.160. The van der Waals surface area contributed by atoms with Crippen LogP contribution >= 0.6 is 0 Å². The zero-order valence-electron chi connectivity index (χ0n) is 34.9. The molecule has 8 aromatic carbocycles. The number of nitrogens with zero attached hydrogens (tertiary/aromatic N) is 1. The van der Waals surface area contributed by atoms with Gasteiger partial charge in [0, 0.05) is 114 Å². The molecule has 2 aliphatic rings. The maximum atomic E-state index is 6.13. The van der Waals surface area contributed by atoms with Gasteiger partial charge in [0.25, 0.3) is 0 Å². The summed E-state index contributed by atoms with van der Waals surface area (Å²) in [6.45, 7) is 9.40. The molecular formula is C55H46NOV4-. The van der Waals surface area contributed by atoms with Gasteiger partial charge >= 0.3 is 0 Å². The molecule has 61 heavy (non-hydrogen) atoms. The Kier molecular flexibility index (Phi) is 13.2. The summed E-state index contributed by atoms with van der Waals surface area (Å²) < 4.78 is 6.13. The molecule has 0 bridgehead atoms. The minimum atomic E-state index is -0.0990. The third-order valence-corrected chi connectivity index (χ3v) is 12.7. The van der Waals surface area contributed by atoms with Crippen molar-refractivity contribution in [2.24, 2.45) is 0 Å². The largest absolute Gasteiger partial charge is 0.456 e. The normalized spacial score (nSPS) is 13.2. The average molecular weight is 941 g/mol. The fraction of sp³-hybridized carbons (Fsp3) is 0.109. The van der Waals surface area contributed by atoms with Crippen LogP contribution in [0.5, 0.6) is 0 Å². The van der Waals surface area contributed by atoms with Crippen LogP contribution in [0.4, 0.5) is 17.1 Å². The number of fused-ring (bicyclic) bond motifs is 9. The van der Waals surface area contributed by atoms with Crippen molar-refractivity contribution in [3.05, 3.63) is 206 Å². The van der Waals surface area contributed by atoms with Crippen LogP contribution in [0.25, 0.3) is 66.4 Å². The average Bonchev–Trinajstić information content (AvgIpc) is 3.80. The fourth-order valence-corrected chi connectivity index (χ4v) is 9.67. The molecule has 9 aromatic rings. The Bertz CT molecular complexity index is 3040. The number of anilines is 3. The predicted octanol–water partition coefficient (Wildman–Crippen LogP) is 15.7. The predicted molar refractivity (Wildman–Crippen MR) is 243 cm³/mol. The molecule has 1 heterocycles. The number of furan rings is 1. The van der Waals surface area contributed by atoms with Crippen LogP contribution in [-0.4, -0.2) is 0 Å². The van der Waals surface area contributed by atoms with Gasteiger partial charge in [-0.25, -0.2) is 0 Å². The molecular weight excluding hydrogens is 894 g/mol. The zero-order chi connectivity index (χ0) is 37.8. The van der Waals surface area contributed by atoms with Gasteiger partial charge in [0.1, 0.15) is 11.2 Å². The Hall–Kier alpha value is -4.30. The second-order valence-corrected chi connectivity index (χ2v) is 16.6. The van der Waals surface area contributed by atoms with Crippen molar-refractivity contribution in [2.45, 2.75) is 38.5 Å². The van der Waals surface area contributed by atoms with Crippen LogP contribution < -0.4 is 4.90 Å². The summed E-state index contributed by atoms with van der Waals surface area (Å²) in [5.41, 5.74) is 20.8. The summed E-state index contributed by atoms with van der Waals surface area (Å²) in [7, 11) is 0. The maximum absolute atomic E-state index is 6.13. The van der Waals surface area contributed by atoms with E-state index in [1.54, 1.807) is 0 Å². The van der Waals surface area contributed by atoms with Gasteiger partial charge in [-0.1, -0.05) is 143 Å². The Morgan fingerprint density at radius 3 is 1.36 bits per heavy atom. The molecule has 1 aromatic heterocycles. The number of benzene rings is 8. The Labute approximate surface area is 409 Å². The van der Waals surface area contributed by atoms with Crippen LogP contribution in [0.15, 0.2) is 180 Å². The first-order valence-corrected chi connectivity index (χ1v) is 19.7. The summed E-state index contributed by atoms with van der Waals surface area (Å²) in [6, 6.07) is 64.7. The molecule has 0 saturated heterocycles. The van der Waals surface area contributed by atoms with E-state index < -0.39 is 0 Å². The van der Waals surface area contributed by atoms with Crippen molar-refractivity contribution in [3.8, 4) is 44.5 Å². The molecule has 298 valence electrons. The SMILES string of the molecule is CC1(C)c2ccccc2-c2ccc(-c3ccc(N(c4ccc(-c5ccc6oc7ccccc7c6c5)cc4)c4ccc5c(c4)C(C)(C)c4ccccc4-5)cc3)cc21.[CH3-].[HH].[V].[V].[V].[V]. The van der Waals surface area contributed by atoms with Crippen LogP contribution in [0.2, 0.25) is 0 Å². The molecule has 6 heteroatoms. The second kappa shape index (κ2) is 17.5. The monoisotopic (exact) mass is 940 g/mol. The van der Waals surface area contributed by atoms with Gasteiger partial charge < -0.3 is 16.7 Å². The van der Waals surface area contributed by atoms with E-state index in [1.807, 2.05) is 12.1 Å². The maximum Gasteiger partial charge on any atom is 0.135 e. The van der Waals surface area contributed by atoms with Crippen LogP contribution in [0, 0.1) is 7.43 Å². The summed E-state index contributed by atoms with van der Waals surface area (Å²) in [5.74, 6) is 0. The van der Waals surface area contributed by atoms with Gasteiger partial charge in [-0.05, 0) is 127 Å². The Morgan fingerprint density at radius 2 is 0.770 bits per heavy atom. The van der Waals surface area contributed by atoms with E-state index in [0.717, 1.165) is 39.0 Å². The third-order valence-electron chi connectivity index (χ3n) is 12.7. The topological polar surface area (TPSA) is 16.4 Å². The van der Waals surface area contributed by atoms with Crippen LogP contribution in [0.1, 0.15) is 51.4 Å². The summed E-state index contributed by atoms with van der Waals surface area (Å²) in [5, 5.41) is 2.29. The van der Waals surface area contributed by atoms with E-state index in [4.69, 9.17) is 4.42 Å². The number of rotatable bonds is 5. The van der Waals surface area contributed by atoms with E-state index in [2.05, 4.69) is 196 Å². The van der Waals surface area contributed by atoms with Crippen molar-refractivity contribution in [1.82, 2.24) is 0 Å². The summed E-state index contributed by atoms with van der Waals surface area (Å²) >= 11 is 0. The van der Waals surface area contributed by atoms with Gasteiger partial charge in [-0.2, -0.15) is 0 Å². The van der Waals surface area contributed by atoms with Gasteiger partial charge in [-0.15, -0.1) is 0 Å². The Morgan fingerprint density at radius 1 is 0.361 bits per heavy atom. The van der Waals surface area contributed by atoms with Gasteiger partial charge in [-0.3, -0.25) is 0 Å². The molecule has 0 atom stereocenters. The molecule has 4 radical (unpaired) electrons. The minimum absolute atomic E-state index is 0. The number of para-hydroxylation sites is 1. The molecule has 0 spiro atoms. The van der Waals surface area contributed by atoms with E-state index in [0.29, 0.717) is 0 Å². The Balaban J connectivity index is 0.00000121. The van der Waals surface area contributed by atoms with E-state index in [1.165, 1.54) is 66.8 Å². The first kappa shape index (κ1) is 46.2. The zero-order valence-corrected chi connectivity index (χ0v) is 40.5. The number of hydrogen-bond acceptors (Lipinski definition) is 2. The van der Waals surface area contributed by atoms with Gasteiger partial charge in [0.2, 0.25) is 0 Å². The van der Waals surface area contributed by atoms with Crippen molar-refractivity contribution < 1.29 is 80.1 Å². The molecule has 0 N–H and O–H groups in total. The first-order valence-electron chi connectivity index (χ1n) is 19.7. The smallest absolute Gasteiger partial charge is 0.135 e. The minimum Gasteiger partial charge on any atom is -0.456 e. The fourth-order valence-electron chi connectivity index (χ4n) is 9.67. The third kappa shape index (κ3) is 7.36. The standard InChI is InChI=1S/C54H41NO.CH3.4V.H2/c1-53(2)47-14-8-5-11-41(47)43-28-21-37(32-49(43)53)35-19-25-39(26-20-35)55(40-27-29-44-42-12-6-9-15-48(42)54(3,4)50(44)33-40)38-23-17-34(18-24-38)36-22-30-52-46(31-36)45-13-7-10-16-51(45)56-52;;;;;;/h5-33H,1-4H3;1H3;;;;;1H/q;-1;;;;;. The van der Waals surface area contributed by atoms with Gasteiger partial charge in [0.15, 0.2) is 0 Å². The van der Waals surface area contributed by atoms with Crippen molar-refractivity contribution in [1.29, 1.82) is 0 Å². The van der Waals surface area contributed by atoms with Crippen LogP contribution in [0.3, 0.4) is 0 Å². The van der Waals surface area contributed by atoms with Crippen LogP contribution in [-0.2, 0) is 85.1 Å². The van der Waals surface area contributed by atoms with Gasteiger partial charge in [0.05, 0.1) is 0 Å². The van der Waals surface area contributed by atoms with Crippen molar-refractivity contribution in [2.75, 3.05) is 4.90 Å².